The molecule has 1 amide bonds. The Balaban J connectivity index is 0.00000288. The highest BCUT2D eigenvalue weighted by Gasteiger charge is 2.22. The van der Waals surface area contributed by atoms with Crippen molar-refractivity contribution in [2.75, 3.05) is 26.4 Å². The number of hydrogen-bond donors (Lipinski definition) is 2. The summed E-state index contributed by atoms with van der Waals surface area (Å²) in [4.78, 5) is 24.1. The summed E-state index contributed by atoms with van der Waals surface area (Å²) in [7, 11) is 0. The van der Waals surface area contributed by atoms with Crippen LogP contribution in [0.25, 0.3) is 0 Å². The molecule has 0 saturated carbocycles. The summed E-state index contributed by atoms with van der Waals surface area (Å²) in [6, 6.07) is 9.09. The first-order valence-electron chi connectivity index (χ1n) is 8.00. The first-order chi connectivity index (χ1) is 11.2. The molecule has 7 heteroatoms. The molecule has 1 aliphatic rings. The van der Waals surface area contributed by atoms with Gasteiger partial charge in [-0.05, 0) is 12.5 Å². The first kappa shape index (κ1) is 20.4. The zero-order valence-corrected chi connectivity index (χ0v) is 14.6. The first-order valence-corrected chi connectivity index (χ1v) is 8.00. The molecule has 2 atom stereocenters. The summed E-state index contributed by atoms with van der Waals surface area (Å²) in [5.41, 5.74) is 0.891. The molecular weight excluding hydrogens is 332 g/mol. The molecule has 1 aliphatic heterocycles. The van der Waals surface area contributed by atoms with Gasteiger partial charge in [0.1, 0.15) is 0 Å². The number of rotatable bonds is 7. The topological polar surface area (TPSA) is 76.7 Å². The molecule has 2 rings (SSSR count). The second kappa shape index (κ2) is 11.0. The second-order valence-electron chi connectivity index (χ2n) is 5.47. The lowest BCUT2D eigenvalue weighted by molar-refractivity contribution is -0.143. The van der Waals surface area contributed by atoms with E-state index in [9.17, 15) is 9.59 Å². The van der Waals surface area contributed by atoms with Crippen LogP contribution in [0, 0.1) is 0 Å². The Morgan fingerprint density at radius 3 is 2.75 bits per heavy atom. The Morgan fingerprint density at radius 2 is 2.12 bits per heavy atom. The van der Waals surface area contributed by atoms with Gasteiger partial charge in [-0.2, -0.15) is 0 Å². The zero-order valence-electron chi connectivity index (χ0n) is 13.8. The Bertz CT molecular complexity index is 507. The van der Waals surface area contributed by atoms with E-state index in [1.807, 2.05) is 30.3 Å². The van der Waals surface area contributed by atoms with Crippen LogP contribution in [-0.4, -0.2) is 44.3 Å². The van der Waals surface area contributed by atoms with Crippen LogP contribution < -0.4 is 10.6 Å². The SMILES string of the molecule is CCOC(=O)CC(NC(=O)CC1COCCN1)c1ccccc1.Cl. The van der Waals surface area contributed by atoms with E-state index < -0.39 is 0 Å². The van der Waals surface area contributed by atoms with Gasteiger partial charge in [0.2, 0.25) is 5.91 Å². The minimum absolute atomic E-state index is 0. The third-order valence-electron chi connectivity index (χ3n) is 3.64. The third kappa shape index (κ3) is 6.86. The molecule has 1 aromatic rings. The molecule has 1 heterocycles. The van der Waals surface area contributed by atoms with Crippen LogP contribution in [0.2, 0.25) is 0 Å². The van der Waals surface area contributed by atoms with Crippen molar-refractivity contribution < 1.29 is 19.1 Å². The standard InChI is InChI=1S/C17H24N2O4.ClH/c1-2-23-17(21)11-15(13-6-4-3-5-7-13)19-16(20)10-14-12-22-9-8-18-14;/h3-7,14-15,18H,2,8-12H2,1H3,(H,19,20);1H. The Morgan fingerprint density at radius 1 is 1.38 bits per heavy atom. The number of carbonyl (C=O) groups excluding carboxylic acids is 2. The number of nitrogens with one attached hydrogen (secondary N) is 2. The van der Waals surface area contributed by atoms with Gasteiger partial charge in [0.15, 0.2) is 0 Å². The lowest BCUT2D eigenvalue weighted by Crippen LogP contribution is -2.44. The average Bonchev–Trinajstić information content (AvgIpc) is 2.56. The molecule has 1 aromatic carbocycles. The highest BCUT2D eigenvalue weighted by molar-refractivity contribution is 5.85. The summed E-state index contributed by atoms with van der Waals surface area (Å²) >= 11 is 0. The maximum absolute atomic E-state index is 12.3. The van der Waals surface area contributed by atoms with Crippen LogP contribution >= 0.6 is 12.4 Å². The van der Waals surface area contributed by atoms with Gasteiger partial charge in [0.05, 0.1) is 32.3 Å². The highest BCUT2D eigenvalue weighted by atomic mass is 35.5. The van der Waals surface area contributed by atoms with Crippen LogP contribution in [0.4, 0.5) is 0 Å². The predicted molar refractivity (Wildman–Crippen MR) is 93.1 cm³/mol. The lowest BCUT2D eigenvalue weighted by atomic mass is 10.0. The van der Waals surface area contributed by atoms with Crippen molar-refractivity contribution >= 4 is 24.3 Å². The van der Waals surface area contributed by atoms with Crippen molar-refractivity contribution in [1.82, 2.24) is 10.6 Å². The van der Waals surface area contributed by atoms with E-state index in [0.717, 1.165) is 12.1 Å². The summed E-state index contributed by atoms with van der Waals surface area (Å²) in [5, 5.41) is 6.18. The summed E-state index contributed by atoms with van der Waals surface area (Å²) in [6.07, 6.45) is 0.449. The fourth-order valence-electron chi connectivity index (χ4n) is 2.55. The molecule has 24 heavy (non-hydrogen) atoms. The number of halogens is 1. The monoisotopic (exact) mass is 356 g/mol. The Hall–Kier alpha value is -1.63. The van der Waals surface area contributed by atoms with Gasteiger partial charge in [0.25, 0.3) is 0 Å². The fraction of sp³-hybridized carbons (Fsp3) is 0.529. The summed E-state index contributed by atoms with van der Waals surface area (Å²) in [5.74, 6) is -0.424. The van der Waals surface area contributed by atoms with Crippen LogP contribution in [0.5, 0.6) is 0 Å². The van der Waals surface area contributed by atoms with Crippen LogP contribution in [0.1, 0.15) is 31.4 Å². The normalized spacial score (nSPS) is 18.1. The van der Waals surface area contributed by atoms with Crippen LogP contribution in [0.15, 0.2) is 30.3 Å². The van der Waals surface area contributed by atoms with E-state index in [1.165, 1.54) is 0 Å². The number of amides is 1. The van der Waals surface area contributed by atoms with E-state index in [1.54, 1.807) is 6.92 Å². The number of ether oxygens (including phenoxy) is 2. The predicted octanol–water partition coefficient (Wildman–Crippen LogP) is 1.60. The quantitative estimate of drug-likeness (QED) is 0.726. The minimum atomic E-state index is -0.382. The van der Waals surface area contributed by atoms with Gasteiger partial charge in [-0.1, -0.05) is 30.3 Å². The number of carbonyl (C=O) groups is 2. The number of morpholine rings is 1. The van der Waals surface area contributed by atoms with Crippen molar-refractivity contribution in [2.45, 2.75) is 31.8 Å². The highest BCUT2D eigenvalue weighted by Crippen LogP contribution is 2.17. The van der Waals surface area contributed by atoms with E-state index in [4.69, 9.17) is 9.47 Å². The van der Waals surface area contributed by atoms with E-state index in [2.05, 4.69) is 10.6 Å². The molecule has 134 valence electrons. The fourth-order valence-corrected chi connectivity index (χ4v) is 2.55. The van der Waals surface area contributed by atoms with Crippen molar-refractivity contribution in [3.05, 3.63) is 35.9 Å². The number of hydrogen-bond acceptors (Lipinski definition) is 5. The molecule has 0 radical (unpaired) electrons. The number of benzene rings is 1. The molecule has 0 aliphatic carbocycles. The molecule has 0 aromatic heterocycles. The van der Waals surface area contributed by atoms with Gasteiger partial charge < -0.3 is 20.1 Å². The molecular formula is C17H25ClN2O4. The average molecular weight is 357 g/mol. The third-order valence-corrected chi connectivity index (χ3v) is 3.64. The molecule has 2 N–H and O–H groups in total. The van der Waals surface area contributed by atoms with E-state index in [-0.39, 0.29) is 42.8 Å². The van der Waals surface area contributed by atoms with Crippen molar-refractivity contribution in [2.24, 2.45) is 0 Å². The Kier molecular flexibility index (Phi) is 9.37. The molecule has 0 bridgehead atoms. The van der Waals surface area contributed by atoms with Crippen LogP contribution in [-0.2, 0) is 19.1 Å². The van der Waals surface area contributed by atoms with E-state index in [0.29, 0.717) is 26.2 Å². The number of esters is 1. The summed E-state index contributed by atoms with van der Waals surface area (Å²) < 4.78 is 10.4. The molecule has 2 unspecified atom stereocenters. The van der Waals surface area contributed by atoms with Gasteiger partial charge in [-0.25, -0.2) is 0 Å². The molecule has 1 fully saturated rings. The van der Waals surface area contributed by atoms with Gasteiger partial charge in [-0.15, -0.1) is 12.4 Å². The summed E-state index contributed by atoms with van der Waals surface area (Å²) in [6.45, 7) is 4.05. The second-order valence-corrected chi connectivity index (χ2v) is 5.47. The van der Waals surface area contributed by atoms with Crippen molar-refractivity contribution in [1.29, 1.82) is 0 Å². The van der Waals surface area contributed by atoms with E-state index >= 15 is 0 Å². The lowest BCUT2D eigenvalue weighted by Gasteiger charge is -2.25. The van der Waals surface area contributed by atoms with Gasteiger partial charge in [-0.3, -0.25) is 9.59 Å². The smallest absolute Gasteiger partial charge is 0.308 e. The van der Waals surface area contributed by atoms with Gasteiger partial charge in [0, 0.05) is 19.0 Å². The van der Waals surface area contributed by atoms with Crippen LogP contribution in [0.3, 0.4) is 0 Å². The zero-order chi connectivity index (χ0) is 16.5. The van der Waals surface area contributed by atoms with Gasteiger partial charge >= 0.3 is 5.97 Å². The Labute approximate surface area is 148 Å². The maximum atomic E-state index is 12.3. The maximum Gasteiger partial charge on any atom is 0.308 e. The van der Waals surface area contributed by atoms with Crippen molar-refractivity contribution in [3.63, 3.8) is 0 Å². The molecule has 1 saturated heterocycles. The molecule has 0 spiro atoms. The largest absolute Gasteiger partial charge is 0.466 e. The van der Waals surface area contributed by atoms with Crippen molar-refractivity contribution in [3.8, 4) is 0 Å². The minimum Gasteiger partial charge on any atom is -0.466 e. The molecule has 6 nitrogen and oxygen atoms in total.